The Morgan fingerprint density at radius 2 is 2.24 bits per heavy atom. The zero-order chi connectivity index (χ0) is 13.1. The second-order valence-electron chi connectivity index (χ2n) is 3.42. The summed E-state index contributed by atoms with van der Waals surface area (Å²) in [5.41, 5.74) is 0. The molecule has 0 aliphatic carbocycles. The molecule has 0 fully saturated rings. The van der Waals surface area contributed by atoms with Crippen LogP contribution in [0.15, 0.2) is 21.6 Å². The minimum absolute atomic E-state index is 0.166. The third-order valence-corrected chi connectivity index (χ3v) is 2.91. The summed E-state index contributed by atoms with van der Waals surface area (Å²) >= 11 is 0. The number of sulfonamides is 1. The summed E-state index contributed by atoms with van der Waals surface area (Å²) in [5, 5.41) is 15.7. The lowest BCUT2D eigenvalue weighted by molar-refractivity contribution is 0.0881. The van der Waals surface area contributed by atoms with Crippen LogP contribution in [0.25, 0.3) is 0 Å². The highest BCUT2D eigenvalue weighted by molar-refractivity contribution is 7.89. The highest BCUT2D eigenvalue weighted by atomic mass is 32.2. The minimum Gasteiger partial charge on any atom is -0.438 e. The summed E-state index contributed by atoms with van der Waals surface area (Å²) in [4.78, 5) is 11.6. The fraction of sp³-hybridized carbons (Fsp3) is 0.444. The van der Waals surface area contributed by atoms with Gasteiger partial charge in [0.1, 0.15) is 0 Å². The van der Waals surface area contributed by atoms with Crippen molar-refractivity contribution in [2.75, 3.05) is 6.61 Å². The van der Waals surface area contributed by atoms with E-state index in [-0.39, 0.29) is 12.4 Å². The number of carbonyl (C=O) groups excluding carboxylic acids is 1. The average Bonchev–Trinajstić information content (AvgIpc) is 2.74. The predicted octanol–water partition coefficient (Wildman–Crippen LogP) is -0.572. The van der Waals surface area contributed by atoms with Crippen molar-refractivity contribution < 1.29 is 22.7 Å². The lowest BCUT2D eigenvalue weighted by atomic mass is 10.2. The summed E-state index contributed by atoms with van der Waals surface area (Å²) < 4.78 is 26.6. The summed E-state index contributed by atoms with van der Waals surface area (Å²) in [7, 11) is -3.95. The molecule has 0 aromatic carbocycles. The van der Waals surface area contributed by atoms with Crippen molar-refractivity contribution >= 4 is 15.9 Å². The molecule has 1 aromatic rings. The summed E-state index contributed by atoms with van der Waals surface area (Å²) in [6.07, 6.45) is 0.547. The highest BCUT2D eigenvalue weighted by Crippen LogP contribution is 2.12. The Bertz CT molecular complexity index is 489. The monoisotopic (exact) mass is 262 g/mol. The molecule has 1 unspecified atom stereocenters. The Balaban J connectivity index is 2.81. The number of rotatable bonds is 5. The summed E-state index contributed by atoms with van der Waals surface area (Å²) in [6, 6.07) is 1.91. The maximum Gasteiger partial charge on any atom is 0.287 e. The van der Waals surface area contributed by atoms with Crippen LogP contribution in [0.2, 0.25) is 0 Å². The lowest BCUT2D eigenvalue weighted by Crippen LogP contribution is -2.36. The molecular formula is C9H14N2O5S. The normalized spacial score (nSPS) is 13.4. The molecule has 1 atom stereocenters. The molecule has 0 spiro atoms. The number of primary sulfonamides is 1. The van der Waals surface area contributed by atoms with Crippen molar-refractivity contribution in [1.29, 1.82) is 0 Å². The molecular weight excluding hydrogens is 248 g/mol. The van der Waals surface area contributed by atoms with E-state index in [1.807, 2.05) is 0 Å². The third-order valence-electron chi connectivity index (χ3n) is 2.13. The van der Waals surface area contributed by atoms with Gasteiger partial charge in [0.25, 0.3) is 15.9 Å². The second kappa shape index (κ2) is 5.30. The van der Waals surface area contributed by atoms with Gasteiger partial charge in [0, 0.05) is 0 Å². The van der Waals surface area contributed by atoms with E-state index in [0.717, 1.165) is 6.07 Å². The first kappa shape index (κ1) is 13.7. The molecule has 0 aliphatic rings. The molecule has 1 amide bonds. The number of aliphatic hydroxyl groups excluding tert-OH is 1. The van der Waals surface area contributed by atoms with Crippen molar-refractivity contribution in [2.45, 2.75) is 24.5 Å². The van der Waals surface area contributed by atoms with Gasteiger partial charge < -0.3 is 14.8 Å². The average molecular weight is 262 g/mol. The van der Waals surface area contributed by atoms with E-state index in [1.54, 1.807) is 6.92 Å². The van der Waals surface area contributed by atoms with E-state index in [2.05, 4.69) is 5.32 Å². The number of carbonyl (C=O) groups is 1. The number of nitrogens with two attached hydrogens (primary N) is 1. The third kappa shape index (κ3) is 3.55. The van der Waals surface area contributed by atoms with E-state index in [4.69, 9.17) is 14.7 Å². The smallest absolute Gasteiger partial charge is 0.287 e. The zero-order valence-corrected chi connectivity index (χ0v) is 10.0. The van der Waals surface area contributed by atoms with Crippen LogP contribution in [0.5, 0.6) is 0 Å². The van der Waals surface area contributed by atoms with E-state index in [0.29, 0.717) is 6.42 Å². The molecule has 0 radical (unpaired) electrons. The maximum absolute atomic E-state index is 11.6. The summed E-state index contributed by atoms with van der Waals surface area (Å²) in [6.45, 7) is 1.59. The van der Waals surface area contributed by atoms with Crippen molar-refractivity contribution in [1.82, 2.24) is 5.32 Å². The second-order valence-corrected chi connectivity index (χ2v) is 4.92. The van der Waals surface area contributed by atoms with Crippen LogP contribution in [-0.2, 0) is 10.0 Å². The van der Waals surface area contributed by atoms with Gasteiger partial charge in [-0.25, -0.2) is 13.6 Å². The topological polar surface area (TPSA) is 123 Å². The standard InChI is InChI=1S/C9H14N2O5S/c1-2-6(5-12)11-9(13)7-3-4-8(16-7)17(10,14)15/h3-4,6,12H,2,5H2,1H3,(H,11,13)(H2,10,14,15). The van der Waals surface area contributed by atoms with Crippen LogP contribution in [0.1, 0.15) is 23.9 Å². The number of nitrogens with one attached hydrogen (secondary N) is 1. The number of furan rings is 1. The SMILES string of the molecule is CCC(CO)NC(=O)c1ccc(S(N)(=O)=O)o1. The van der Waals surface area contributed by atoms with Gasteiger partial charge in [-0.1, -0.05) is 6.92 Å². The van der Waals surface area contributed by atoms with Gasteiger partial charge in [0.2, 0.25) is 5.09 Å². The van der Waals surface area contributed by atoms with Gasteiger partial charge in [-0.2, -0.15) is 0 Å². The molecule has 7 nitrogen and oxygen atoms in total. The molecule has 1 aromatic heterocycles. The molecule has 0 saturated carbocycles. The Morgan fingerprint density at radius 1 is 1.59 bits per heavy atom. The largest absolute Gasteiger partial charge is 0.438 e. The Hall–Kier alpha value is -1.38. The zero-order valence-electron chi connectivity index (χ0n) is 9.21. The van der Waals surface area contributed by atoms with Crippen molar-refractivity contribution in [3.05, 3.63) is 17.9 Å². The Labute approximate surface area is 98.7 Å². The van der Waals surface area contributed by atoms with Crippen LogP contribution < -0.4 is 10.5 Å². The number of hydrogen-bond acceptors (Lipinski definition) is 5. The number of aliphatic hydroxyl groups is 1. The van der Waals surface area contributed by atoms with E-state index in [9.17, 15) is 13.2 Å². The van der Waals surface area contributed by atoms with Gasteiger partial charge in [0.05, 0.1) is 12.6 Å². The van der Waals surface area contributed by atoms with Gasteiger partial charge in [-0.15, -0.1) is 0 Å². The Kier molecular flexibility index (Phi) is 4.27. The van der Waals surface area contributed by atoms with Crippen LogP contribution in [0.3, 0.4) is 0 Å². The first-order valence-corrected chi connectivity index (χ1v) is 6.47. The number of amides is 1. The molecule has 4 N–H and O–H groups in total. The van der Waals surface area contributed by atoms with E-state index >= 15 is 0 Å². The van der Waals surface area contributed by atoms with Gasteiger partial charge in [-0.05, 0) is 18.6 Å². The first-order chi connectivity index (χ1) is 7.88. The van der Waals surface area contributed by atoms with Crippen molar-refractivity contribution in [3.63, 3.8) is 0 Å². The van der Waals surface area contributed by atoms with Gasteiger partial charge in [-0.3, -0.25) is 4.79 Å². The quantitative estimate of drug-likeness (QED) is 0.655. The highest BCUT2D eigenvalue weighted by Gasteiger charge is 2.18. The fourth-order valence-electron chi connectivity index (χ4n) is 1.13. The van der Waals surface area contributed by atoms with Crippen molar-refractivity contribution in [2.24, 2.45) is 5.14 Å². The molecule has 1 rings (SSSR count). The first-order valence-electron chi connectivity index (χ1n) is 4.92. The van der Waals surface area contributed by atoms with E-state index in [1.165, 1.54) is 6.07 Å². The molecule has 8 heteroatoms. The summed E-state index contributed by atoms with van der Waals surface area (Å²) in [5.74, 6) is -0.762. The molecule has 0 saturated heterocycles. The van der Waals surface area contributed by atoms with Crippen LogP contribution in [-0.4, -0.2) is 32.1 Å². The predicted molar refractivity (Wildman–Crippen MR) is 58.7 cm³/mol. The maximum atomic E-state index is 11.6. The van der Waals surface area contributed by atoms with Crippen molar-refractivity contribution in [3.8, 4) is 0 Å². The minimum atomic E-state index is -3.95. The van der Waals surface area contributed by atoms with Crippen LogP contribution in [0.4, 0.5) is 0 Å². The molecule has 96 valence electrons. The Morgan fingerprint density at radius 3 is 2.65 bits per heavy atom. The lowest BCUT2D eigenvalue weighted by Gasteiger charge is -2.12. The molecule has 1 heterocycles. The molecule has 17 heavy (non-hydrogen) atoms. The van der Waals surface area contributed by atoms with E-state index < -0.39 is 27.1 Å². The van der Waals surface area contributed by atoms with Gasteiger partial charge >= 0.3 is 0 Å². The fourth-order valence-corrected chi connectivity index (χ4v) is 1.59. The molecule has 0 bridgehead atoms. The van der Waals surface area contributed by atoms with Crippen LogP contribution >= 0.6 is 0 Å². The molecule has 0 aliphatic heterocycles. The van der Waals surface area contributed by atoms with Gasteiger partial charge in [0.15, 0.2) is 5.76 Å². The van der Waals surface area contributed by atoms with Crippen LogP contribution in [0, 0.1) is 0 Å². The number of hydrogen-bond donors (Lipinski definition) is 3.